The monoisotopic (exact) mass is 265 g/mol. The number of pyridine rings is 1. The first kappa shape index (κ1) is 14.6. The number of hydrogen-bond donors (Lipinski definition) is 3. The number of aromatic nitrogens is 1. The number of nitrogens with two attached hydrogens (primary N) is 1. The van der Waals surface area contributed by atoms with Gasteiger partial charge in [0.05, 0.1) is 0 Å². The lowest BCUT2D eigenvalue weighted by Gasteiger charge is -2.13. The van der Waals surface area contributed by atoms with Crippen molar-refractivity contribution >= 4 is 17.8 Å². The Labute approximate surface area is 109 Å². The zero-order valence-corrected chi connectivity index (χ0v) is 10.4. The molecule has 0 radical (unpaired) electrons. The quantitative estimate of drug-likeness (QED) is 0.659. The maximum absolute atomic E-state index is 11.8. The van der Waals surface area contributed by atoms with Gasteiger partial charge in [-0.05, 0) is 25.5 Å². The van der Waals surface area contributed by atoms with E-state index in [1.165, 1.54) is 12.3 Å². The van der Waals surface area contributed by atoms with Gasteiger partial charge < -0.3 is 16.2 Å². The van der Waals surface area contributed by atoms with Crippen molar-refractivity contribution in [3.05, 3.63) is 29.6 Å². The molecule has 1 atom stereocenters. The Balaban J connectivity index is 2.71. The van der Waals surface area contributed by atoms with Crippen molar-refractivity contribution in [1.82, 2.24) is 10.3 Å². The fourth-order valence-electron chi connectivity index (χ4n) is 1.47. The van der Waals surface area contributed by atoms with Crippen LogP contribution in [0.25, 0.3) is 0 Å². The van der Waals surface area contributed by atoms with Crippen LogP contribution in [0.1, 0.15) is 28.9 Å². The minimum atomic E-state index is -1.21. The van der Waals surface area contributed by atoms with Crippen LogP contribution in [0.4, 0.5) is 0 Å². The maximum Gasteiger partial charge on any atom is 0.326 e. The van der Waals surface area contributed by atoms with Gasteiger partial charge >= 0.3 is 5.97 Å². The fraction of sp³-hybridized carbons (Fsp3) is 0.333. The lowest BCUT2D eigenvalue weighted by atomic mass is 10.1. The molecule has 1 aromatic heterocycles. The molecule has 0 bridgehead atoms. The van der Waals surface area contributed by atoms with Gasteiger partial charge in [-0.2, -0.15) is 0 Å². The number of nitrogens with zero attached hydrogens (tertiary/aromatic N) is 1. The zero-order chi connectivity index (χ0) is 14.4. The third kappa shape index (κ3) is 4.74. The molecule has 0 aromatic carbocycles. The third-order valence-corrected chi connectivity index (χ3v) is 2.44. The van der Waals surface area contributed by atoms with Gasteiger partial charge in [0.15, 0.2) is 0 Å². The van der Waals surface area contributed by atoms with Crippen LogP contribution in [-0.4, -0.2) is 33.9 Å². The maximum atomic E-state index is 11.8. The molecule has 1 unspecified atom stereocenters. The highest BCUT2D eigenvalue weighted by Crippen LogP contribution is 2.03. The van der Waals surface area contributed by atoms with Gasteiger partial charge in [-0.25, -0.2) is 4.79 Å². The number of carboxylic acids is 1. The molecule has 1 heterocycles. The van der Waals surface area contributed by atoms with Crippen molar-refractivity contribution in [3.63, 3.8) is 0 Å². The number of carbonyl (C=O) groups excluding carboxylic acids is 2. The number of nitrogens with one attached hydrogen (secondary N) is 1. The van der Waals surface area contributed by atoms with Crippen molar-refractivity contribution < 1.29 is 19.5 Å². The molecular weight excluding hydrogens is 250 g/mol. The molecule has 0 fully saturated rings. The van der Waals surface area contributed by atoms with Crippen LogP contribution in [-0.2, 0) is 9.59 Å². The number of amides is 2. The second-order valence-electron chi connectivity index (χ2n) is 4.06. The van der Waals surface area contributed by atoms with E-state index in [1.807, 2.05) is 0 Å². The van der Waals surface area contributed by atoms with Gasteiger partial charge in [0.25, 0.3) is 5.91 Å². The summed E-state index contributed by atoms with van der Waals surface area (Å²) in [5.41, 5.74) is 5.92. The number of primary amides is 1. The molecule has 0 saturated carbocycles. The molecule has 0 aliphatic heterocycles. The van der Waals surface area contributed by atoms with E-state index in [0.717, 1.165) is 0 Å². The smallest absolute Gasteiger partial charge is 0.326 e. The standard InChI is InChI=1S/C12H15N3O4/c1-7-6-8(4-5-14-7)11(17)15-9(12(18)19)2-3-10(13)16/h4-6,9H,2-3H2,1H3,(H2,13,16)(H,15,17)(H,18,19). The van der Waals surface area contributed by atoms with Gasteiger partial charge in [0, 0.05) is 23.9 Å². The minimum Gasteiger partial charge on any atom is -0.480 e. The van der Waals surface area contributed by atoms with Gasteiger partial charge in [-0.3, -0.25) is 14.6 Å². The van der Waals surface area contributed by atoms with E-state index in [2.05, 4.69) is 10.3 Å². The Kier molecular flexibility index (Phi) is 4.99. The lowest BCUT2D eigenvalue weighted by molar-refractivity contribution is -0.139. The lowest BCUT2D eigenvalue weighted by Crippen LogP contribution is -2.41. The second-order valence-corrected chi connectivity index (χ2v) is 4.06. The van der Waals surface area contributed by atoms with Crippen LogP contribution in [0, 0.1) is 6.92 Å². The van der Waals surface area contributed by atoms with E-state index >= 15 is 0 Å². The molecule has 7 nitrogen and oxygen atoms in total. The molecule has 1 rings (SSSR count). The molecule has 2 amide bonds. The minimum absolute atomic E-state index is 0.0412. The summed E-state index contributed by atoms with van der Waals surface area (Å²) in [6, 6.07) is 1.88. The molecule has 19 heavy (non-hydrogen) atoms. The normalized spacial score (nSPS) is 11.6. The number of carbonyl (C=O) groups is 3. The summed E-state index contributed by atoms with van der Waals surface area (Å²) in [5, 5.41) is 11.3. The van der Waals surface area contributed by atoms with Crippen LogP contribution >= 0.6 is 0 Å². The average molecular weight is 265 g/mol. The van der Waals surface area contributed by atoms with E-state index in [1.54, 1.807) is 13.0 Å². The summed E-state index contributed by atoms with van der Waals surface area (Å²) in [5.74, 6) is -2.34. The molecule has 0 saturated heterocycles. The van der Waals surface area contributed by atoms with Crippen molar-refractivity contribution in [1.29, 1.82) is 0 Å². The Morgan fingerprint density at radius 3 is 2.68 bits per heavy atom. The van der Waals surface area contributed by atoms with Crippen molar-refractivity contribution in [3.8, 4) is 0 Å². The predicted molar refractivity (Wildman–Crippen MR) is 66.3 cm³/mol. The summed E-state index contributed by atoms with van der Waals surface area (Å²) in [7, 11) is 0. The average Bonchev–Trinajstić information content (AvgIpc) is 2.33. The topological polar surface area (TPSA) is 122 Å². The largest absolute Gasteiger partial charge is 0.480 e. The summed E-state index contributed by atoms with van der Waals surface area (Å²) in [6.45, 7) is 1.72. The van der Waals surface area contributed by atoms with Crippen molar-refractivity contribution in [2.24, 2.45) is 5.73 Å². The molecule has 0 spiro atoms. The SMILES string of the molecule is Cc1cc(C(=O)NC(CCC(N)=O)C(=O)O)ccn1. The molecule has 0 aliphatic rings. The third-order valence-electron chi connectivity index (χ3n) is 2.44. The van der Waals surface area contributed by atoms with Gasteiger partial charge in [-0.1, -0.05) is 0 Å². The highest BCUT2D eigenvalue weighted by Gasteiger charge is 2.21. The molecule has 102 valence electrons. The van der Waals surface area contributed by atoms with E-state index in [4.69, 9.17) is 10.8 Å². The summed E-state index contributed by atoms with van der Waals surface area (Å²) >= 11 is 0. The molecular formula is C12H15N3O4. The first-order chi connectivity index (χ1) is 8.90. The number of hydrogen-bond acceptors (Lipinski definition) is 4. The van der Waals surface area contributed by atoms with Crippen LogP contribution in [0.2, 0.25) is 0 Å². The van der Waals surface area contributed by atoms with E-state index in [0.29, 0.717) is 11.3 Å². The molecule has 0 aliphatic carbocycles. The van der Waals surface area contributed by atoms with Crippen molar-refractivity contribution in [2.75, 3.05) is 0 Å². The van der Waals surface area contributed by atoms with E-state index in [9.17, 15) is 14.4 Å². The Hall–Kier alpha value is -2.44. The highest BCUT2D eigenvalue weighted by atomic mass is 16.4. The highest BCUT2D eigenvalue weighted by molar-refractivity contribution is 5.96. The zero-order valence-electron chi connectivity index (χ0n) is 10.4. The Bertz CT molecular complexity index is 502. The Morgan fingerprint density at radius 1 is 1.47 bits per heavy atom. The summed E-state index contributed by atoms with van der Waals surface area (Å²) in [6.07, 6.45) is 1.32. The van der Waals surface area contributed by atoms with Crippen LogP contribution < -0.4 is 11.1 Å². The van der Waals surface area contributed by atoms with Crippen LogP contribution in [0.5, 0.6) is 0 Å². The molecule has 1 aromatic rings. The summed E-state index contributed by atoms with van der Waals surface area (Å²) < 4.78 is 0. The van der Waals surface area contributed by atoms with E-state index < -0.39 is 23.8 Å². The Morgan fingerprint density at radius 2 is 2.16 bits per heavy atom. The van der Waals surface area contributed by atoms with E-state index in [-0.39, 0.29) is 12.8 Å². The summed E-state index contributed by atoms with van der Waals surface area (Å²) in [4.78, 5) is 37.4. The van der Waals surface area contributed by atoms with Gasteiger partial charge in [-0.15, -0.1) is 0 Å². The van der Waals surface area contributed by atoms with Gasteiger partial charge in [0.2, 0.25) is 5.91 Å². The predicted octanol–water partition coefficient (Wildman–Crippen LogP) is -0.161. The first-order valence-corrected chi connectivity index (χ1v) is 5.64. The van der Waals surface area contributed by atoms with Crippen molar-refractivity contribution in [2.45, 2.75) is 25.8 Å². The number of aryl methyl sites for hydroxylation is 1. The number of rotatable bonds is 6. The number of aliphatic carboxylic acids is 1. The van der Waals surface area contributed by atoms with Crippen LogP contribution in [0.3, 0.4) is 0 Å². The second kappa shape index (κ2) is 6.48. The number of carboxylic acid groups (broad SMARTS) is 1. The fourth-order valence-corrected chi connectivity index (χ4v) is 1.47. The molecule has 7 heteroatoms. The first-order valence-electron chi connectivity index (χ1n) is 5.64. The molecule has 4 N–H and O–H groups in total. The van der Waals surface area contributed by atoms with Gasteiger partial charge in [0.1, 0.15) is 6.04 Å². The van der Waals surface area contributed by atoms with Crippen LogP contribution in [0.15, 0.2) is 18.3 Å².